The molecular weight excluding hydrogens is 296 g/mol. The molecular formula is C13H16N2O3S2. The first-order valence-corrected chi connectivity index (χ1v) is 8.98. The molecule has 0 atom stereocenters. The molecule has 2 rings (SSSR count). The number of unbranched alkanes of at least 4 members (excludes halogenated alkanes) is 1. The molecule has 0 spiro atoms. The van der Waals surface area contributed by atoms with Crippen molar-refractivity contribution in [1.82, 2.24) is 10.2 Å². The lowest BCUT2D eigenvalue weighted by molar-refractivity contribution is 0.423. The summed E-state index contributed by atoms with van der Waals surface area (Å²) in [6.07, 6.45) is 2.15. The number of aromatic nitrogens is 2. The van der Waals surface area contributed by atoms with Gasteiger partial charge in [-0.15, -0.1) is 10.2 Å². The van der Waals surface area contributed by atoms with E-state index in [1.54, 1.807) is 30.3 Å². The minimum atomic E-state index is -3.43. The van der Waals surface area contributed by atoms with Crippen molar-refractivity contribution in [2.24, 2.45) is 0 Å². The highest BCUT2D eigenvalue weighted by Gasteiger charge is 2.19. The summed E-state index contributed by atoms with van der Waals surface area (Å²) in [4.78, 5) is 0.262. The predicted molar refractivity (Wildman–Crippen MR) is 77.3 cm³/mol. The lowest BCUT2D eigenvalue weighted by Crippen LogP contribution is -2.04. The Morgan fingerprint density at radius 1 is 1.20 bits per heavy atom. The SMILES string of the molecule is CCCCSc1nnc(CS(=O)(=O)c2ccccc2)o1. The van der Waals surface area contributed by atoms with Crippen LogP contribution in [0, 0.1) is 0 Å². The van der Waals surface area contributed by atoms with E-state index in [2.05, 4.69) is 17.1 Å². The Labute approximate surface area is 122 Å². The van der Waals surface area contributed by atoms with Crippen LogP contribution in [0.5, 0.6) is 0 Å². The van der Waals surface area contributed by atoms with Gasteiger partial charge in [-0.1, -0.05) is 43.3 Å². The Hall–Kier alpha value is -1.34. The third-order valence-electron chi connectivity index (χ3n) is 2.59. The number of benzene rings is 1. The second-order valence-electron chi connectivity index (χ2n) is 4.24. The van der Waals surface area contributed by atoms with E-state index in [1.165, 1.54) is 11.8 Å². The van der Waals surface area contributed by atoms with Crippen molar-refractivity contribution >= 4 is 21.6 Å². The fourth-order valence-electron chi connectivity index (χ4n) is 1.53. The summed E-state index contributed by atoms with van der Waals surface area (Å²) in [7, 11) is -3.43. The van der Waals surface area contributed by atoms with Gasteiger partial charge in [0.1, 0.15) is 5.75 Å². The van der Waals surface area contributed by atoms with E-state index in [4.69, 9.17) is 4.42 Å². The first-order chi connectivity index (χ1) is 9.62. The van der Waals surface area contributed by atoms with Crippen molar-refractivity contribution in [3.63, 3.8) is 0 Å². The number of hydrogen-bond donors (Lipinski definition) is 0. The molecule has 0 saturated heterocycles. The van der Waals surface area contributed by atoms with Crippen LogP contribution in [0.3, 0.4) is 0 Å². The number of rotatable bonds is 7. The molecule has 0 aliphatic carbocycles. The number of thioether (sulfide) groups is 1. The summed E-state index contributed by atoms with van der Waals surface area (Å²) >= 11 is 1.45. The molecule has 1 heterocycles. The average molecular weight is 312 g/mol. The van der Waals surface area contributed by atoms with Crippen molar-refractivity contribution < 1.29 is 12.8 Å². The van der Waals surface area contributed by atoms with Crippen molar-refractivity contribution in [3.05, 3.63) is 36.2 Å². The molecule has 0 saturated carbocycles. The molecule has 0 unspecified atom stereocenters. The summed E-state index contributed by atoms with van der Waals surface area (Å²) in [5.74, 6) is 0.759. The van der Waals surface area contributed by atoms with Crippen molar-refractivity contribution in [2.45, 2.75) is 35.6 Å². The van der Waals surface area contributed by atoms with E-state index in [-0.39, 0.29) is 16.5 Å². The summed E-state index contributed by atoms with van der Waals surface area (Å²) in [5, 5.41) is 8.06. The topological polar surface area (TPSA) is 73.1 Å². The monoisotopic (exact) mass is 312 g/mol. The maximum atomic E-state index is 12.1. The van der Waals surface area contributed by atoms with Gasteiger partial charge in [-0.3, -0.25) is 0 Å². The van der Waals surface area contributed by atoms with Crippen molar-refractivity contribution in [3.8, 4) is 0 Å². The molecule has 108 valence electrons. The van der Waals surface area contributed by atoms with Crippen LogP contribution in [-0.4, -0.2) is 24.4 Å². The Bertz CT molecular complexity index is 639. The van der Waals surface area contributed by atoms with Gasteiger partial charge in [-0.05, 0) is 18.6 Å². The Morgan fingerprint density at radius 2 is 1.95 bits per heavy atom. The number of sulfone groups is 1. The van der Waals surface area contributed by atoms with Gasteiger partial charge < -0.3 is 4.42 Å². The average Bonchev–Trinajstić information content (AvgIpc) is 2.87. The standard InChI is InChI=1S/C13H16N2O3S2/c1-2-3-9-19-13-15-14-12(18-13)10-20(16,17)11-7-5-4-6-8-11/h4-8H,2-3,9-10H2,1H3. The van der Waals surface area contributed by atoms with E-state index in [9.17, 15) is 8.42 Å². The maximum absolute atomic E-state index is 12.1. The van der Waals surface area contributed by atoms with Crippen LogP contribution in [-0.2, 0) is 15.6 Å². The molecule has 0 aliphatic heterocycles. The molecule has 1 aromatic carbocycles. The van der Waals surface area contributed by atoms with Crippen LogP contribution in [0.4, 0.5) is 0 Å². The van der Waals surface area contributed by atoms with Gasteiger partial charge in [0.05, 0.1) is 4.90 Å². The number of nitrogens with zero attached hydrogens (tertiary/aromatic N) is 2. The van der Waals surface area contributed by atoms with Crippen molar-refractivity contribution in [1.29, 1.82) is 0 Å². The maximum Gasteiger partial charge on any atom is 0.276 e. The van der Waals surface area contributed by atoms with Crippen LogP contribution in [0.1, 0.15) is 25.7 Å². The zero-order chi connectivity index (χ0) is 14.4. The normalized spacial score (nSPS) is 11.7. The Morgan fingerprint density at radius 3 is 2.65 bits per heavy atom. The fourth-order valence-corrected chi connectivity index (χ4v) is 3.57. The van der Waals surface area contributed by atoms with Gasteiger partial charge in [0.15, 0.2) is 9.84 Å². The summed E-state index contributed by atoms with van der Waals surface area (Å²) in [6.45, 7) is 2.10. The summed E-state index contributed by atoms with van der Waals surface area (Å²) in [6, 6.07) is 8.26. The van der Waals surface area contributed by atoms with Gasteiger partial charge >= 0.3 is 0 Å². The Balaban J connectivity index is 2.03. The van der Waals surface area contributed by atoms with E-state index in [0.29, 0.717) is 5.22 Å². The second kappa shape index (κ2) is 6.90. The molecule has 0 radical (unpaired) electrons. The van der Waals surface area contributed by atoms with Crippen LogP contribution >= 0.6 is 11.8 Å². The van der Waals surface area contributed by atoms with E-state index >= 15 is 0 Å². The zero-order valence-electron chi connectivity index (χ0n) is 11.2. The van der Waals surface area contributed by atoms with Gasteiger partial charge in [0.2, 0.25) is 5.89 Å². The third-order valence-corrected chi connectivity index (χ3v) is 5.11. The molecule has 1 aromatic heterocycles. The van der Waals surface area contributed by atoms with Crippen LogP contribution in [0.2, 0.25) is 0 Å². The van der Waals surface area contributed by atoms with E-state index in [0.717, 1.165) is 18.6 Å². The highest BCUT2D eigenvalue weighted by Crippen LogP contribution is 2.20. The van der Waals surface area contributed by atoms with Crippen LogP contribution in [0.25, 0.3) is 0 Å². The second-order valence-corrected chi connectivity index (χ2v) is 7.27. The summed E-state index contributed by atoms with van der Waals surface area (Å²) in [5.41, 5.74) is 0. The minimum Gasteiger partial charge on any atom is -0.415 e. The molecule has 0 bridgehead atoms. The van der Waals surface area contributed by atoms with Gasteiger partial charge in [0.25, 0.3) is 5.22 Å². The molecule has 0 aliphatic rings. The van der Waals surface area contributed by atoms with Gasteiger partial charge in [-0.2, -0.15) is 0 Å². The smallest absolute Gasteiger partial charge is 0.276 e. The third kappa shape index (κ3) is 4.08. The minimum absolute atomic E-state index is 0.132. The van der Waals surface area contributed by atoms with Gasteiger partial charge in [0, 0.05) is 5.75 Å². The summed E-state index contributed by atoms with van der Waals surface area (Å²) < 4.78 is 29.6. The first kappa shape index (κ1) is 15.1. The lowest BCUT2D eigenvalue weighted by atomic mass is 10.4. The lowest BCUT2D eigenvalue weighted by Gasteiger charge is -2.00. The largest absolute Gasteiger partial charge is 0.415 e. The van der Waals surface area contributed by atoms with E-state index in [1.807, 2.05) is 0 Å². The molecule has 2 aromatic rings. The highest BCUT2D eigenvalue weighted by atomic mass is 32.2. The van der Waals surface area contributed by atoms with Crippen LogP contribution in [0.15, 0.2) is 44.9 Å². The van der Waals surface area contributed by atoms with Crippen LogP contribution < -0.4 is 0 Å². The quantitative estimate of drug-likeness (QED) is 0.578. The van der Waals surface area contributed by atoms with E-state index < -0.39 is 9.84 Å². The first-order valence-electron chi connectivity index (χ1n) is 6.35. The molecule has 0 amide bonds. The molecule has 5 nitrogen and oxygen atoms in total. The highest BCUT2D eigenvalue weighted by molar-refractivity contribution is 7.99. The molecule has 20 heavy (non-hydrogen) atoms. The fraction of sp³-hybridized carbons (Fsp3) is 0.385. The Kier molecular flexibility index (Phi) is 5.19. The molecule has 0 fully saturated rings. The number of hydrogen-bond acceptors (Lipinski definition) is 6. The molecule has 0 N–H and O–H groups in total. The van der Waals surface area contributed by atoms with Crippen molar-refractivity contribution in [2.75, 3.05) is 5.75 Å². The predicted octanol–water partition coefficient (Wildman–Crippen LogP) is 2.94. The zero-order valence-corrected chi connectivity index (χ0v) is 12.8. The van der Waals surface area contributed by atoms with Gasteiger partial charge in [-0.25, -0.2) is 8.42 Å². The molecule has 7 heteroatoms.